The van der Waals surface area contributed by atoms with Crippen LogP contribution in [0.3, 0.4) is 0 Å². The lowest BCUT2D eigenvalue weighted by Gasteiger charge is -2.27. The average Bonchev–Trinajstić information content (AvgIpc) is 2.78. The summed E-state index contributed by atoms with van der Waals surface area (Å²) in [5.74, 6) is -0.0392. The van der Waals surface area contributed by atoms with Gasteiger partial charge in [0, 0.05) is 6.04 Å². The van der Waals surface area contributed by atoms with Crippen LogP contribution in [0.4, 0.5) is 5.69 Å². The molecule has 0 aliphatic rings. The van der Waals surface area contributed by atoms with Crippen LogP contribution in [0.5, 0.6) is 0 Å². The fourth-order valence-electron chi connectivity index (χ4n) is 3.10. The van der Waals surface area contributed by atoms with Crippen molar-refractivity contribution < 1.29 is 13.2 Å². The molecule has 1 N–H and O–H groups in total. The smallest absolute Gasteiger partial charge is 0.264 e. The largest absolute Gasteiger partial charge is 0.349 e. The summed E-state index contributed by atoms with van der Waals surface area (Å²) in [6.45, 7) is 6.10. The van der Waals surface area contributed by atoms with Crippen molar-refractivity contribution in [2.24, 2.45) is 5.92 Å². The van der Waals surface area contributed by atoms with Gasteiger partial charge < -0.3 is 5.32 Å². The predicted octanol–water partition coefficient (Wildman–Crippen LogP) is 4.86. The van der Waals surface area contributed by atoms with Gasteiger partial charge in [0.25, 0.3) is 15.9 Å². The SMILES string of the molecule is CC(C)[C@H](C)NC(=O)c1ccccc1N(Cc1ccccc1)S(=O)(=O)c1ccccc1. The molecule has 0 unspecified atom stereocenters. The first-order valence-corrected chi connectivity index (χ1v) is 11.8. The van der Waals surface area contributed by atoms with E-state index in [1.807, 2.05) is 51.1 Å². The summed E-state index contributed by atoms with van der Waals surface area (Å²) in [6, 6.07) is 24.4. The van der Waals surface area contributed by atoms with Gasteiger partial charge in [-0.2, -0.15) is 0 Å². The lowest BCUT2D eigenvalue weighted by molar-refractivity contribution is 0.0931. The molecule has 0 spiro atoms. The van der Waals surface area contributed by atoms with Crippen LogP contribution in [-0.2, 0) is 16.6 Å². The molecule has 0 saturated heterocycles. The summed E-state index contributed by atoms with van der Waals surface area (Å²) in [4.78, 5) is 13.2. The molecule has 162 valence electrons. The van der Waals surface area contributed by atoms with Gasteiger partial charge in [0.2, 0.25) is 0 Å². The van der Waals surface area contributed by atoms with Crippen molar-refractivity contribution >= 4 is 21.6 Å². The first kappa shape index (κ1) is 22.6. The van der Waals surface area contributed by atoms with Crippen LogP contribution in [-0.4, -0.2) is 20.4 Å². The molecule has 3 aromatic carbocycles. The zero-order chi connectivity index (χ0) is 22.4. The molecule has 0 radical (unpaired) electrons. The Morgan fingerprint density at radius 2 is 1.39 bits per heavy atom. The maximum atomic E-state index is 13.6. The van der Waals surface area contributed by atoms with Gasteiger partial charge in [0.05, 0.1) is 22.7 Å². The van der Waals surface area contributed by atoms with Crippen LogP contribution in [0.1, 0.15) is 36.7 Å². The molecule has 0 fully saturated rings. The molecule has 0 bridgehead atoms. The third-order valence-electron chi connectivity index (χ3n) is 5.28. The van der Waals surface area contributed by atoms with Gasteiger partial charge in [-0.15, -0.1) is 0 Å². The normalized spacial score (nSPS) is 12.4. The second-order valence-electron chi connectivity index (χ2n) is 7.83. The van der Waals surface area contributed by atoms with E-state index in [1.54, 1.807) is 54.6 Å². The van der Waals surface area contributed by atoms with E-state index in [9.17, 15) is 13.2 Å². The van der Waals surface area contributed by atoms with Crippen LogP contribution in [0.15, 0.2) is 89.8 Å². The van der Waals surface area contributed by atoms with E-state index >= 15 is 0 Å². The number of nitrogens with one attached hydrogen (secondary N) is 1. The number of rotatable bonds is 8. The van der Waals surface area contributed by atoms with Gasteiger partial charge in [-0.05, 0) is 42.7 Å². The van der Waals surface area contributed by atoms with E-state index in [0.29, 0.717) is 11.3 Å². The molecule has 1 atom stereocenters. The zero-order valence-electron chi connectivity index (χ0n) is 18.0. The van der Waals surface area contributed by atoms with Crippen molar-refractivity contribution in [1.82, 2.24) is 5.32 Å². The van der Waals surface area contributed by atoms with Gasteiger partial charge in [0.15, 0.2) is 0 Å². The van der Waals surface area contributed by atoms with E-state index in [-0.39, 0.29) is 29.3 Å². The minimum Gasteiger partial charge on any atom is -0.349 e. The number of hydrogen-bond donors (Lipinski definition) is 1. The Labute approximate surface area is 184 Å². The highest BCUT2D eigenvalue weighted by atomic mass is 32.2. The van der Waals surface area contributed by atoms with Crippen LogP contribution >= 0.6 is 0 Å². The highest BCUT2D eigenvalue weighted by molar-refractivity contribution is 7.92. The Bertz CT molecular complexity index is 1110. The molecule has 31 heavy (non-hydrogen) atoms. The molecule has 0 saturated carbocycles. The quantitative estimate of drug-likeness (QED) is 0.549. The third kappa shape index (κ3) is 5.33. The fourth-order valence-corrected chi connectivity index (χ4v) is 4.60. The molecule has 5 nitrogen and oxygen atoms in total. The topological polar surface area (TPSA) is 66.5 Å². The number of para-hydroxylation sites is 1. The van der Waals surface area contributed by atoms with E-state index in [0.717, 1.165) is 5.56 Å². The Kier molecular flexibility index (Phi) is 7.13. The van der Waals surface area contributed by atoms with Crippen molar-refractivity contribution in [3.8, 4) is 0 Å². The van der Waals surface area contributed by atoms with Crippen molar-refractivity contribution in [2.75, 3.05) is 4.31 Å². The predicted molar refractivity (Wildman–Crippen MR) is 124 cm³/mol. The number of anilines is 1. The summed E-state index contributed by atoms with van der Waals surface area (Å²) < 4.78 is 28.6. The second kappa shape index (κ2) is 9.79. The number of amides is 1. The molecule has 0 aliphatic heterocycles. The molecule has 1 amide bonds. The molecule has 0 aliphatic carbocycles. The van der Waals surface area contributed by atoms with Crippen LogP contribution < -0.4 is 9.62 Å². The number of carbonyl (C=O) groups is 1. The summed E-state index contributed by atoms with van der Waals surface area (Å²) in [6.07, 6.45) is 0. The van der Waals surface area contributed by atoms with Crippen molar-refractivity contribution in [2.45, 2.75) is 38.3 Å². The maximum absolute atomic E-state index is 13.6. The van der Waals surface area contributed by atoms with Gasteiger partial charge in [0.1, 0.15) is 0 Å². The molecular formula is C25H28N2O3S. The molecule has 6 heteroatoms. The van der Waals surface area contributed by atoms with Crippen LogP contribution in [0.25, 0.3) is 0 Å². The molecule has 0 heterocycles. The Hall–Kier alpha value is -3.12. The highest BCUT2D eigenvalue weighted by Crippen LogP contribution is 2.29. The number of sulfonamides is 1. The van der Waals surface area contributed by atoms with E-state index < -0.39 is 10.0 Å². The summed E-state index contributed by atoms with van der Waals surface area (Å²) in [5.41, 5.74) is 1.50. The molecule has 3 rings (SSSR count). The van der Waals surface area contributed by atoms with Crippen molar-refractivity contribution in [3.05, 3.63) is 96.1 Å². The Morgan fingerprint density at radius 1 is 0.839 bits per heavy atom. The summed E-state index contributed by atoms with van der Waals surface area (Å²) in [5, 5.41) is 2.99. The molecule has 0 aromatic heterocycles. The summed E-state index contributed by atoms with van der Waals surface area (Å²) in [7, 11) is -3.90. The first-order chi connectivity index (χ1) is 14.8. The van der Waals surface area contributed by atoms with E-state index in [1.165, 1.54) is 4.31 Å². The minimum absolute atomic E-state index is 0.0474. The lowest BCUT2D eigenvalue weighted by atomic mass is 10.1. The van der Waals surface area contributed by atoms with Gasteiger partial charge in [-0.3, -0.25) is 9.10 Å². The van der Waals surface area contributed by atoms with Crippen LogP contribution in [0, 0.1) is 5.92 Å². The average molecular weight is 437 g/mol. The summed E-state index contributed by atoms with van der Waals surface area (Å²) >= 11 is 0. The van der Waals surface area contributed by atoms with Crippen molar-refractivity contribution in [1.29, 1.82) is 0 Å². The Morgan fingerprint density at radius 3 is 2.00 bits per heavy atom. The Balaban J connectivity index is 2.09. The number of benzene rings is 3. The third-order valence-corrected chi connectivity index (χ3v) is 7.05. The highest BCUT2D eigenvalue weighted by Gasteiger charge is 2.28. The maximum Gasteiger partial charge on any atom is 0.264 e. The number of nitrogens with zero attached hydrogens (tertiary/aromatic N) is 1. The van der Waals surface area contributed by atoms with E-state index in [2.05, 4.69) is 5.32 Å². The number of carbonyl (C=O) groups excluding carboxylic acids is 1. The van der Waals surface area contributed by atoms with Crippen molar-refractivity contribution in [3.63, 3.8) is 0 Å². The van der Waals surface area contributed by atoms with Gasteiger partial charge >= 0.3 is 0 Å². The second-order valence-corrected chi connectivity index (χ2v) is 9.70. The van der Waals surface area contributed by atoms with Crippen LogP contribution in [0.2, 0.25) is 0 Å². The monoisotopic (exact) mass is 436 g/mol. The minimum atomic E-state index is -3.90. The molecule has 3 aromatic rings. The number of hydrogen-bond acceptors (Lipinski definition) is 3. The lowest BCUT2D eigenvalue weighted by Crippen LogP contribution is -2.38. The van der Waals surface area contributed by atoms with E-state index in [4.69, 9.17) is 0 Å². The molecular weight excluding hydrogens is 408 g/mol. The standard InChI is InChI=1S/C25H28N2O3S/c1-19(2)20(3)26-25(28)23-16-10-11-17-24(23)27(18-21-12-6-4-7-13-21)31(29,30)22-14-8-5-9-15-22/h4-17,19-20H,18H2,1-3H3,(H,26,28)/t20-/m0/s1. The fraction of sp³-hybridized carbons (Fsp3) is 0.240. The van der Waals surface area contributed by atoms with Gasteiger partial charge in [-0.25, -0.2) is 8.42 Å². The van der Waals surface area contributed by atoms with Gasteiger partial charge in [-0.1, -0.05) is 74.5 Å². The first-order valence-electron chi connectivity index (χ1n) is 10.3. The zero-order valence-corrected chi connectivity index (χ0v) is 18.8.